The number of benzene rings is 11. The zero-order valence-electron chi connectivity index (χ0n) is 37.3. The van der Waals surface area contributed by atoms with Crippen molar-refractivity contribution in [3.8, 4) is 39.1 Å². The molecule has 66 heavy (non-hydrogen) atoms. The molecule has 1 aliphatic carbocycles. The van der Waals surface area contributed by atoms with Crippen LogP contribution in [0.25, 0.3) is 93.2 Å². The zero-order chi connectivity index (χ0) is 44.1. The van der Waals surface area contributed by atoms with Crippen LogP contribution in [0, 0.1) is 6.92 Å². The van der Waals surface area contributed by atoms with E-state index in [0.717, 1.165) is 22.7 Å². The quantitative estimate of drug-likeness (QED) is 0.151. The summed E-state index contributed by atoms with van der Waals surface area (Å²) in [5.74, 6) is 0. The Balaban J connectivity index is 0.931. The summed E-state index contributed by atoms with van der Waals surface area (Å²) in [6.45, 7) is 7.02. The SMILES string of the molecule is Cc1ccc2c(-c3ccc4c(c3)C(C)(C)c3cc(N(c5ccccc5)c5ccc(-n6c7ccccc7c7ccccc76)cc5)ccc3-4)c3ccccc3c(-c3cccc4ccccc34)c2c1. The van der Waals surface area contributed by atoms with Gasteiger partial charge in [0.2, 0.25) is 0 Å². The zero-order valence-corrected chi connectivity index (χ0v) is 37.3. The van der Waals surface area contributed by atoms with Gasteiger partial charge in [0, 0.05) is 38.9 Å². The summed E-state index contributed by atoms with van der Waals surface area (Å²) in [5.41, 5.74) is 18.4. The second kappa shape index (κ2) is 14.7. The fourth-order valence-corrected chi connectivity index (χ4v) is 11.3. The smallest absolute Gasteiger partial charge is 0.0541 e. The van der Waals surface area contributed by atoms with Crippen molar-refractivity contribution < 1.29 is 0 Å². The number of rotatable bonds is 6. The van der Waals surface area contributed by atoms with Crippen molar-refractivity contribution in [3.63, 3.8) is 0 Å². The molecule has 0 aliphatic heterocycles. The molecule has 1 heterocycles. The molecule has 0 spiro atoms. The Labute approximate surface area is 385 Å². The third-order valence-electron chi connectivity index (χ3n) is 14.4. The first-order chi connectivity index (χ1) is 32.4. The first-order valence-electron chi connectivity index (χ1n) is 23.1. The fourth-order valence-electron chi connectivity index (χ4n) is 11.3. The van der Waals surface area contributed by atoms with E-state index < -0.39 is 0 Å². The van der Waals surface area contributed by atoms with Crippen LogP contribution < -0.4 is 4.90 Å². The van der Waals surface area contributed by atoms with E-state index >= 15 is 0 Å². The lowest BCUT2D eigenvalue weighted by atomic mass is 9.80. The molecule has 11 aromatic carbocycles. The van der Waals surface area contributed by atoms with Crippen molar-refractivity contribution in [1.29, 1.82) is 0 Å². The van der Waals surface area contributed by atoms with Gasteiger partial charge < -0.3 is 9.47 Å². The number of anilines is 3. The van der Waals surface area contributed by atoms with E-state index in [9.17, 15) is 0 Å². The van der Waals surface area contributed by atoms with Crippen LogP contribution in [0.1, 0.15) is 30.5 Å². The van der Waals surface area contributed by atoms with E-state index in [2.05, 4.69) is 255 Å². The van der Waals surface area contributed by atoms with Gasteiger partial charge in [-0.3, -0.25) is 0 Å². The van der Waals surface area contributed by atoms with Gasteiger partial charge in [-0.15, -0.1) is 0 Å². The van der Waals surface area contributed by atoms with Gasteiger partial charge in [0.15, 0.2) is 0 Å². The molecule has 13 rings (SSSR count). The van der Waals surface area contributed by atoms with Gasteiger partial charge in [0.25, 0.3) is 0 Å². The van der Waals surface area contributed by atoms with Gasteiger partial charge in [-0.1, -0.05) is 177 Å². The van der Waals surface area contributed by atoms with Crippen LogP contribution in [0.3, 0.4) is 0 Å². The Hall–Kier alpha value is -8.20. The molecule has 0 unspecified atom stereocenters. The van der Waals surface area contributed by atoms with Gasteiger partial charge in [-0.25, -0.2) is 0 Å². The topological polar surface area (TPSA) is 8.17 Å². The monoisotopic (exact) mass is 842 g/mol. The minimum Gasteiger partial charge on any atom is -0.310 e. The van der Waals surface area contributed by atoms with Crippen LogP contribution >= 0.6 is 0 Å². The predicted octanol–water partition coefficient (Wildman–Crippen LogP) is 17.7. The highest BCUT2D eigenvalue weighted by atomic mass is 15.1. The predicted molar refractivity (Wildman–Crippen MR) is 281 cm³/mol. The van der Waals surface area contributed by atoms with Crippen molar-refractivity contribution in [2.45, 2.75) is 26.2 Å². The molecule has 0 radical (unpaired) electrons. The highest BCUT2D eigenvalue weighted by Gasteiger charge is 2.37. The van der Waals surface area contributed by atoms with Gasteiger partial charge in [0.1, 0.15) is 0 Å². The van der Waals surface area contributed by atoms with Crippen LogP contribution in [0.2, 0.25) is 0 Å². The van der Waals surface area contributed by atoms with Gasteiger partial charge in [-0.05, 0) is 150 Å². The number of hydrogen-bond donors (Lipinski definition) is 0. The maximum absolute atomic E-state index is 2.50. The van der Waals surface area contributed by atoms with Crippen molar-refractivity contribution in [2.75, 3.05) is 4.90 Å². The van der Waals surface area contributed by atoms with E-state index in [-0.39, 0.29) is 5.41 Å². The summed E-state index contributed by atoms with van der Waals surface area (Å²) in [6.07, 6.45) is 0. The molecule has 1 aromatic heterocycles. The summed E-state index contributed by atoms with van der Waals surface area (Å²) in [7, 11) is 0. The molecule has 0 atom stereocenters. The molecule has 0 saturated heterocycles. The van der Waals surface area contributed by atoms with Crippen LogP contribution in [0.15, 0.2) is 224 Å². The lowest BCUT2D eigenvalue weighted by Gasteiger charge is -2.28. The maximum atomic E-state index is 2.50. The van der Waals surface area contributed by atoms with Crippen molar-refractivity contribution >= 4 is 71.2 Å². The van der Waals surface area contributed by atoms with E-state index in [4.69, 9.17) is 0 Å². The summed E-state index contributed by atoms with van der Waals surface area (Å²) in [4.78, 5) is 2.40. The first-order valence-corrected chi connectivity index (χ1v) is 23.1. The van der Waals surface area contributed by atoms with Gasteiger partial charge in [0.05, 0.1) is 11.0 Å². The number of nitrogens with zero attached hydrogens (tertiary/aromatic N) is 2. The Morgan fingerprint density at radius 2 is 0.909 bits per heavy atom. The average molecular weight is 843 g/mol. The number of fused-ring (bicyclic) bond motifs is 9. The van der Waals surface area contributed by atoms with Crippen molar-refractivity contribution in [1.82, 2.24) is 4.57 Å². The van der Waals surface area contributed by atoms with E-state index in [1.165, 1.54) is 104 Å². The molecular weight excluding hydrogens is 797 g/mol. The Kier molecular flexibility index (Phi) is 8.51. The summed E-state index contributed by atoms with van der Waals surface area (Å²) >= 11 is 0. The first kappa shape index (κ1) is 38.3. The molecule has 0 bridgehead atoms. The van der Waals surface area contributed by atoms with Crippen LogP contribution in [0.5, 0.6) is 0 Å². The highest BCUT2D eigenvalue weighted by Crippen LogP contribution is 2.53. The second-order valence-electron chi connectivity index (χ2n) is 18.5. The molecule has 0 saturated carbocycles. The number of aryl methyl sites for hydroxylation is 1. The Morgan fingerprint density at radius 3 is 1.64 bits per heavy atom. The third kappa shape index (κ3) is 5.74. The standard InChI is InChI=1S/C64H46N2/c1-41-28-35-56-57(38-41)63(53-25-15-17-42-16-7-8-20-48(42)53)55-24-10-9-23-54(55)62(56)43-29-36-49-50-37-34-47(40-59(50)64(2,3)58(49)39-43)65(44-18-5-4-6-19-44)45-30-32-46(33-31-45)66-60-26-13-11-21-51(60)52-22-12-14-27-61(52)66/h4-40H,1-3H3. The number of para-hydroxylation sites is 3. The van der Waals surface area contributed by atoms with E-state index in [1.807, 2.05) is 0 Å². The van der Waals surface area contributed by atoms with Crippen molar-refractivity contribution in [2.24, 2.45) is 0 Å². The third-order valence-corrected chi connectivity index (χ3v) is 14.4. The normalized spacial score (nSPS) is 12.9. The van der Waals surface area contributed by atoms with Gasteiger partial charge >= 0.3 is 0 Å². The second-order valence-corrected chi connectivity index (χ2v) is 18.5. The molecular formula is C64H46N2. The molecule has 1 aliphatic rings. The molecule has 2 heteroatoms. The largest absolute Gasteiger partial charge is 0.310 e. The molecule has 0 fully saturated rings. The minimum absolute atomic E-state index is 0.246. The summed E-state index contributed by atoms with van der Waals surface area (Å²) < 4.78 is 2.39. The van der Waals surface area contributed by atoms with Crippen LogP contribution in [-0.2, 0) is 5.41 Å². The van der Waals surface area contributed by atoms with Crippen LogP contribution in [0.4, 0.5) is 17.1 Å². The Bertz CT molecular complexity index is 3850. The molecule has 0 N–H and O–H groups in total. The van der Waals surface area contributed by atoms with E-state index in [1.54, 1.807) is 0 Å². The van der Waals surface area contributed by atoms with Crippen molar-refractivity contribution in [3.05, 3.63) is 241 Å². The molecule has 12 aromatic rings. The maximum Gasteiger partial charge on any atom is 0.0541 e. The number of hydrogen-bond acceptors (Lipinski definition) is 1. The lowest BCUT2D eigenvalue weighted by Crippen LogP contribution is -2.16. The summed E-state index contributed by atoms with van der Waals surface area (Å²) in [6, 6.07) is 83.2. The van der Waals surface area contributed by atoms with Gasteiger partial charge in [-0.2, -0.15) is 0 Å². The highest BCUT2D eigenvalue weighted by molar-refractivity contribution is 6.23. The summed E-state index contributed by atoms with van der Waals surface area (Å²) in [5, 5.41) is 10.2. The van der Waals surface area contributed by atoms with Crippen LogP contribution in [-0.4, -0.2) is 4.57 Å². The minimum atomic E-state index is -0.246. The lowest BCUT2D eigenvalue weighted by molar-refractivity contribution is 0.660. The average Bonchev–Trinajstić information content (AvgIpc) is 3.81. The number of aromatic nitrogens is 1. The molecule has 0 amide bonds. The Morgan fingerprint density at radius 1 is 0.364 bits per heavy atom. The fraction of sp³-hybridized carbons (Fsp3) is 0.0625. The molecule has 2 nitrogen and oxygen atoms in total. The van der Waals surface area contributed by atoms with E-state index in [0.29, 0.717) is 0 Å². The molecule has 312 valence electrons.